The van der Waals surface area contributed by atoms with E-state index in [-0.39, 0.29) is 5.57 Å². The molecule has 6 nitrogen and oxygen atoms in total. The predicted octanol–water partition coefficient (Wildman–Crippen LogP) is 3.96. The Balaban J connectivity index is 2.11. The van der Waals surface area contributed by atoms with Crippen LogP contribution in [0.4, 0.5) is 5.69 Å². The molecule has 29 heavy (non-hydrogen) atoms. The summed E-state index contributed by atoms with van der Waals surface area (Å²) in [6.45, 7) is 4.50. The van der Waals surface area contributed by atoms with Crippen molar-refractivity contribution in [3.8, 4) is 17.6 Å². The van der Waals surface area contributed by atoms with E-state index in [2.05, 4.69) is 24.9 Å². The van der Waals surface area contributed by atoms with Crippen molar-refractivity contribution in [1.29, 1.82) is 5.26 Å². The highest BCUT2D eigenvalue weighted by molar-refractivity contribution is 7.84. The molecular formula is C22H23N3O3S. The lowest BCUT2D eigenvalue weighted by molar-refractivity contribution is -0.118. The van der Waals surface area contributed by atoms with E-state index in [1.54, 1.807) is 7.11 Å². The van der Waals surface area contributed by atoms with Gasteiger partial charge in [-0.15, -0.1) is 12.6 Å². The average molecular weight is 410 g/mol. The van der Waals surface area contributed by atoms with E-state index in [0.717, 1.165) is 17.7 Å². The molecule has 2 aromatic rings. The summed E-state index contributed by atoms with van der Waals surface area (Å²) in [6, 6.07) is 15.4. The Morgan fingerprint density at radius 3 is 2.48 bits per heavy atom. The summed E-state index contributed by atoms with van der Waals surface area (Å²) in [5.74, 6) is 0.728. The van der Waals surface area contributed by atoms with E-state index < -0.39 is 12.1 Å². The first-order valence-corrected chi connectivity index (χ1v) is 9.81. The molecule has 1 aliphatic rings. The van der Waals surface area contributed by atoms with Gasteiger partial charge in [-0.25, -0.2) is 0 Å². The summed E-state index contributed by atoms with van der Waals surface area (Å²) >= 11 is 4.53. The van der Waals surface area contributed by atoms with Crippen molar-refractivity contribution in [3.63, 3.8) is 0 Å². The third kappa shape index (κ3) is 4.03. The Labute approximate surface area is 176 Å². The molecule has 0 saturated heterocycles. The Morgan fingerprint density at radius 1 is 1.17 bits per heavy atom. The van der Waals surface area contributed by atoms with Crippen molar-refractivity contribution >= 4 is 24.2 Å². The highest BCUT2D eigenvalue weighted by Gasteiger charge is 2.34. The fraction of sp³-hybridized carbons (Fsp3) is 0.273. The molecule has 150 valence electrons. The second-order valence-corrected chi connectivity index (χ2v) is 6.84. The fourth-order valence-electron chi connectivity index (χ4n) is 3.23. The fourth-order valence-corrected chi connectivity index (χ4v) is 3.61. The topological polar surface area (TPSA) is 74.6 Å². The molecule has 3 rings (SSSR count). The molecule has 1 amide bonds. The first kappa shape index (κ1) is 20.6. The molecule has 0 spiro atoms. The number of carbonyl (C=O) groups is 1. The number of nitrogens with zero attached hydrogens (tertiary/aromatic N) is 2. The van der Waals surface area contributed by atoms with Crippen molar-refractivity contribution < 1.29 is 14.3 Å². The minimum Gasteiger partial charge on any atom is -0.493 e. The van der Waals surface area contributed by atoms with Crippen LogP contribution in [0, 0.1) is 11.3 Å². The number of hydrogen-bond donors (Lipinski definition) is 2. The molecule has 0 aliphatic carbocycles. The van der Waals surface area contributed by atoms with E-state index in [0.29, 0.717) is 23.1 Å². The normalized spacial score (nSPS) is 16.3. The molecule has 0 saturated carbocycles. The zero-order valence-corrected chi connectivity index (χ0v) is 17.5. The zero-order chi connectivity index (χ0) is 21.0. The number of nitrogens with one attached hydrogen (secondary N) is 1. The number of rotatable bonds is 6. The maximum Gasteiger partial charge on any atom is 0.266 e. The van der Waals surface area contributed by atoms with Gasteiger partial charge >= 0.3 is 0 Å². The van der Waals surface area contributed by atoms with Crippen LogP contribution < -0.4 is 19.7 Å². The van der Waals surface area contributed by atoms with Gasteiger partial charge in [0, 0.05) is 5.69 Å². The van der Waals surface area contributed by atoms with Gasteiger partial charge in [-0.2, -0.15) is 5.26 Å². The van der Waals surface area contributed by atoms with Crippen molar-refractivity contribution in [2.75, 3.05) is 18.6 Å². The molecule has 1 unspecified atom stereocenters. The number of anilines is 1. The van der Waals surface area contributed by atoms with Crippen molar-refractivity contribution in [2.24, 2.45) is 0 Å². The highest BCUT2D eigenvalue weighted by Crippen LogP contribution is 2.38. The Bertz CT molecular complexity index is 980. The van der Waals surface area contributed by atoms with Crippen LogP contribution in [0.3, 0.4) is 0 Å². The minimum atomic E-state index is -0.552. The number of aryl methyl sites for hydroxylation is 1. The summed E-state index contributed by atoms with van der Waals surface area (Å²) in [5.41, 5.74) is 2.76. The van der Waals surface area contributed by atoms with Gasteiger partial charge in [0.25, 0.3) is 5.91 Å². The second-order valence-electron chi connectivity index (χ2n) is 6.42. The van der Waals surface area contributed by atoms with E-state index in [9.17, 15) is 10.1 Å². The lowest BCUT2D eigenvalue weighted by Crippen LogP contribution is -2.46. The smallest absolute Gasteiger partial charge is 0.266 e. The van der Waals surface area contributed by atoms with Gasteiger partial charge in [-0.3, -0.25) is 4.79 Å². The third-order valence-electron chi connectivity index (χ3n) is 4.74. The molecule has 2 aromatic carbocycles. The van der Waals surface area contributed by atoms with Gasteiger partial charge in [0.2, 0.25) is 0 Å². The second kappa shape index (κ2) is 8.93. The SMILES string of the molecule is CCOc1ccc(C2NC(=O)C(C#N)=C(S)N2c2ccc(CC)cc2)cc1OC. The van der Waals surface area contributed by atoms with Crippen LogP contribution in [0.15, 0.2) is 53.1 Å². The summed E-state index contributed by atoms with van der Waals surface area (Å²) in [5, 5.41) is 12.6. The van der Waals surface area contributed by atoms with Crippen LogP contribution in [0.5, 0.6) is 11.5 Å². The average Bonchev–Trinajstić information content (AvgIpc) is 2.74. The Morgan fingerprint density at radius 2 is 1.90 bits per heavy atom. The van der Waals surface area contributed by atoms with Gasteiger partial charge in [0.1, 0.15) is 17.8 Å². The van der Waals surface area contributed by atoms with Crippen molar-refractivity contribution in [1.82, 2.24) is 5.32 Å². The standard InChI is InChI=1S/C22H23N3O3S/c1-4-14-6-9-16(10-7-14)25-20(24-21(26)17(13-23)22(25)29)15-8-11-18(28-5-2)19(12-15)27-3/h6-12,20,29H,4-5H2,1-3H3,(H,24,26). The lowest BCUT2D eigenvalue weighted by atomic mass is 10.1. The van der Waals surface area contributed by atoms with E-state index in [1.807, 2.05) is 60.4 Å². The molecule has 1 heterocycles. The first-order chi connectivity index (χ1) is 14.0. The number of methoxy groups -OCH3 is 1. The van der Waals surface area contributed by atoms with Gasteiger partial charge < -0.3 is 19.7 Å². The minimum absolute atomic E-state index is 0.0259. The van der Waals surface area contributed by atoms with Gasteiger partial charge in [-0.1, -0.05) is 25.1 Å². The monoisotopic (exact) mass is 409 g/mol. The molecular weight excluding hydrogens is 386 g/mol. The number of nitriles is 1. The largest absolute Gasteiger partial charge is 0.493 e. The lowest BCUT2D eigenvalue weighted by Gasteiger charge is -2.38. The Hall–Kier alpha value is -3.11. The summed E-state index contributed by atoms with van der Waals surface area (Å²) in [6.07, 6.45) is 0.368. The van der Waals surface area contributed by atoms with E-state index in [1.165, 1.54) is 5.56 Å². The van der Waals surface area contributed by atoms with E-state index in [4.69, 9.17) is 9.47 Å². The molecule has 7 heteroatoms. The van der Waals surface area contributed by atoms with Crippen LogP contribution in [0.2, 0.25) is 0 Å². The Kier molecular flexibility index (Phi) is 6.35. The summed E-state index contributed by atoms with van der Waals surface area (Å²) in [4.78, 5) is 14.3. The third-order valence-corrected chi connectivity index (χ3v) is 5.18. The maximum absolute atomic E-state index is 12.5. The van der Waals surface area contributed by atoms with Gasteiger partial charge in [0.05, 0.1) is 18.7 Å². The van der Waals surface area contributed by atoms with Crippen molar-refractivity contribution in [3.05, 3.63) is 64.2 Å². The van der Waals surface area contributed by atoms with Crippen LogP contribution >= 0.6 is 12.6 Å². The van der Waals surface area contributed by atoms with Gasteiger partial charge in [-0.05, 0) is 48.7 Å². The molecule has 0 radical (unpaired) electrons. The molecule has 0 bridgehead atoms. The molecule has 1 atom stereocenters. The van der Waals surface area contributed by atoms with Crippen molar-refractivity contribution in [2.45, 2.75) is 26.4 Å². The number of ether oxygens (including phenoxy) is 2. The number of amides is 1. The van der Waals surface area contributed by atoms with Crippen LogP contribution in [0.1, 0.15) is 31.1 Å². The molecule has 1 N–H and O–H groups in total. The molecule has 0 fully saturated rings. The number of benzene rings is 2. The molecule has 1 aliphatic heterocycles. The predicted molar refractivity (Wildman–Crippen MR) is 115 cm³/mol. The first-order valence-electron chi connectivity index (χ1n) is 9.37. The zero-order valence-electron chi connectivity index (χ0n) is 16.6. The maximum atomic E-state index is 12.5. The highest BCUT2D eigenvalue weighted by atomic mass is 32.1. The summed E-state index contributed by atoms with van der Waals surface area (Å²) in [7, 11) is 1.57. The van der Waals surface area contributed by atoms with Crippen LogP contribution in [-0.2, 0) is 11.2 Å². The van der Waals surface area contributed by atoms with Crippen LogP contribution in [-0.4, -0.2) is 19.6 Å². The van der Waals surface area contributed by atoms with E-state index >= 15 is 0 Å². The number of thiol groups is 1. The number of carbonyl (C=O) groups excluding carboxylic acids is 1. The quantitative estimate of drug-likeness (QED) is 0.707. The molecule has 0 aromatic heterocycles. The van der Waals surface area contributed by atoms with Crippen LogP contribution in [0.25, 0.3) is 0 Å². The van der Waals surface area contributed by atoms with Gasteiger partial charge in [0.15, 0.2) is 11.5 Å². The summed E-state index contributed by atoms with van der Waals surface area (Å²) < 4.78 is 11.0. The number of hydrogen-bond acceptors (Lipinski definition) is 6.